The maximum absolute atomic E-state index is 13.9. The molecule has 2 aromatic rings. The van der Waals surface area contributed by atoms with E-state index in [1.165, 1.54) is 6.07 Å². The Labute approximate surface area is 120 Å². The molecule has 0 saturated heterocycles. The van der Waals surface area contributed by atoms with Gasteiger partial charge in [0.1, 0.15) is 5.82 Å². The Bertz CT molecular complexity index is 507. The number of benzene rings is 1. The fourth-order valence-corrected chi connectivity index (χ4v) is 3.99. The van der Waals surface area contributed by atoms with Crippen molar-refractivity contribution in [3.8, 4) is 0 Å². The number of rotatable bonds is 3. The van der Waals surface area contributed by atoms with Crippen molar-refractivity contribution < 1.29 is 4.39 Å². The van der Waals surface area contributed by atoms with Gasteiger partial charge in [0.15, 0.2) is 0 Å². The van der Waals surface area contributed by atoms with Crippen molar-refractivity contribution in [1.82, 2.24) is 5.32 Å². The highest BCUT2D eigenvalue weighted by Gasteiger charge is 2.21. The van der Waals surface area contributed by atoms with Gasteiger partial charge in [0, 0.05) is 19.4 Å². The predicted molar refractivity (Wildman–Crippen MR) is 77.0 cm³/mol. The summed E-state index contributed by atoms with van der Waals surface area (Å²) in [5, 5.41) is 5.14. The predicted octanol–water partition coefficient (Wildman–Crippen LogP) is 4.72. The zero-order valence-electron chi connectivity index (χ0n) is 9.01. The van der Waals surface area contributed by atoms with E-state index in [9.17, 15) is 4.39 Å². The summed E-state index contributed by atoms with van der Waals surface area (Å²) < 4.78 is 15.7. The minimum absolute atomic E-state index is 0.153. The number of nitrogens with one attached hydrogen (secondary N) is 1. The standard InChI is InChI=1S/C12H10Br2FNS/c1-16-11(12-8(14)5-6-17-12)10-7(13)3-2-4-9(10)15/h2-6,11,16H,1H3. The van der Waals surface area contributed by atoms with Crippen LogP contribution in [0.2, 0.25) is 0 Å². The van der Waals surface area contributed by atoms with Gasteiger partial charge in [-0.1, -0.05) is 22.0 Å². The summed E-state index contributed by atoms with van der Waals surface area (Å²) >= 11 is 8.49. The number of halogens is 3. The molecular formula is C12H10Br2FNS. The zero-order chi connectivity index (χ0) is 12.4. The second-order valence-electron chi connectivity index (χ2n) is 3.49. The van der Waals surface area contributed by atoms with Crippen molar-refractivity contribution in [2.75, 3.05) is 7.05 Å². The van der Waals surface area contributed by atoms with Crippen LogP contribution in [0.5, 0.6) is 0 Å². The quantitative estimate of drug-likeness (QED) is 0.814. The number of hydrogen-bond donors (Lipinski definition) is 1. The molecule has 0 aliphatic rings. The molecule has 1 unspecified atom stereocenters. The Morgan fingerprint density at radius 3 is 2.53 bits per heavy atom. The molecule has 5 heteroatoms. The van der Waals surface area contributed by atoms with Crippen LogP contribution in [0.25, 0.3) is 0 Å². The van der Waals surface area contributed by atoms with Gasteiger partial charge in [0.05, 0.1) is 6.04 Å². The highest BCUT2D eigenvalue weighted by Crippen LogP contribution is 2.36. The molecule has 2 rings (SSSR count). The Morgan fingerprint density at radius 1 is 1.24 bits per heavy atom. The molecule has 0 aliphatic heterocycles. The van der Waals surface area contributed by atoms with Crippen LogP contribution < -0.4 is 5.32 Å². The van der Waals surface area contributed by atoms with Gasteiger partial charge in [-0.05, 0) is 46.6 Å². The molecular weight excluding hydrogens is 369 g/mol. The molecule has 0 radical (unpaired) electrons. The Morgan fingerprint density at radius 2 is 2.00 bits per heavy atom. The summed E-state index contributed by atoms with van der Waals surface area (Å²) in [6.07, 6.45) is 0. The molecule has 1 heterocycles. The summed E-state index contributed by atoms with van der Waals surface area (Å²) in [5.74, 6) is -0.209. The second kappa shape index (κ2) is 5.61. The van der Waals surface area contributed by atoms with Gasteiger partial charge < -0.3 is 5.32 Å². The largest absolute Gasteiger partial charge is 0.309 e. The van der Waals surface area contributed by atoms with E-state index < -0.39 is 0 Å². The Balaban J connectivity index is 2.53. The van der Waals surface area contributed by atoms with Gasteiger partial charge in [0.2, 0.25) is 0 Å². The summed E-state index contributed by atoms with van der Waals surface area (Å²) in [4.78, 5) is 1.07. The molecule has 1 aromatic heterocycles. The van der Waals surface area contributed by atoms with Gasteiger partial charge in [-0.25, -0.2) is 4.39 Å². The van der Waals surface area contributed by atoms with Crippen molar-refractivity contribution in [3.05, 3.63) is 54.8 Å². The third kappa shape index (κ3) is 2.62. The maximum atomic E-state index is 13.9. The van der Waals surface area contributed by atoms with Gasteiger partial charge in [-0.2, -0.15) is 0 Å². The Kier molecular flexibility index (Phi) is 4.36. The molecule has 1 N–H and O–H groups in total. The molecule has 0 amide bonds. The van der Waals surface area contributed by atoms with Crippen LogP contribution in [0, 0.1) is 5.82 Å². The number of thiophene rings is 1. The van der Waals surface area contributed by atoms with Crippen molar-refractivity contribution in [3.63, 3.8) is 0 Å². The summed E-state index contributed by atoms with van der Waals surface area (Å²) in [7, 11) is 1.83. The van der Waals surface area contributed by atoms with Crippen LogP contribution in [-0.4, -0.2) is 7.05 Å². The fraction of sp³-hybridized carbons (Fsp3) is 0.167. The smallest absolute Gasteiger partial charge is 0.129 e. The van der Waals surface area contributed by atoms with E-state index in [-0.39, 0.29) is 11.9 Å². The SMILES string of the molecule is CNC(c1sccc1Br)c1c(F)cccc1Br. The average Bonchev–Trinajstić information content (AvgIpc) is 2.70. The van der Waals surface area contributed by atoms with Crippen molar-refractivity contribution in [1.29, 1.82) is 0 Å². The summed E-state index contributed by atoms with van der Waals surface area (Å²) in [6.45, 7) is 0. The van der Waals surface area contributed by atoms with E-state index in [4.69, 9.17) is 0 Å². The molecule has 1 atom stereocenters. The molecule has 1 aromatic carbocycles. The average molecular weight is 379 g/mol. The fourth-order valence-electron chi connectivity index (χ4n) is 1.70. The highest BCUT2D eigenvalue weighted by atomic mass is 79.9. The van der Waals surface area contributed by atoms with E-state index >= 15 is 0 Å². The molecule has 90 valence electrons. The minimum Gasteiger partial charge on any atom is -0.309 e. The highest BCUT2D eigenvalue weighted by molar-refractivity contribution is 9.10. The minimum atomic E-state index is -0.209. The monoisotopic (exact) mass is 377 g/mol. The zero-order valence-corrected chi connectivity index (χ0v) is 13.0. The molecule has 0 aliphatic carbocycles. The molecule has 0 bridgehead atoms. The topological polar surface area (TPSA) is 12.0 Å². The molecule has 0 saturated carbocycles. The van der Waals surface area contributed by atoms with E-state index in [1.807, 2.05) is 24.6 Å². The van der Waals surface area contributed by atoms with Crippen molar-refractivity contribution in [2.45, 2.75) is 6.04 Å². The van der Waals surface area contributed by atoms with Gasteiger partial charge in [0.25, 0.3) is 0 Å². The van der Waals surface area contributed by atoms with Crippen LogP contribution in [0.4, 0.5) is 4.39 Å². The van der Waals surface area contributed by atoms with Gasteiger partial charge in [-0.15, -0.1) is 11.3 Å². The molecule has 0 spiro atoms. The van der Waals surface area contributed by atoms with Crippen LogP contribution in [0.1, 0.15) is 16.5 Å². The molecule has 0 fully saturated rings. The summed E-state index contributed by atoms with van der Waals surface area (Å²) in [6, 6.07) is 6.84. The lowest BCUT2D eigenvalue weighted by molar-refractivity contribution is 0.576. The van der Waals surface area contributed by atoms with Crippen LogP contribution in [-0.2, 0) is 0 Å². The number of hydrogen-bond acceptors (Lipinski definition) is 2. The third-order valence-electron chi connectivity index (χ3n) is 2.48. The first kappa shape index (κ1) is 13.2. The lowest BCUT2D eigenvalue weighted by Gasteiger charge is -2.18. The third-order valence-corrected chi connectivity index (χ3v) is 5.11. The normalized spacial score (nSPS) is 12.7. The van der Waals surface area contributed by atoms with Crippen LogP contribution >= 0.6 is 43.2 Å². The van der Waals surface area contributed by atoms with Crippen molar-refractivity contribution >= 4 is 43.2 Å². The first-order chi connectivity index (χ1) is 8.15. The first-order valence-electron chi connectivity index (χ1n) is 4.99. The van der Waals surface area contributed by atoms with E-state index in [0.717, 1.165) is 13.8 Å². The lowest BCUT2D eigenvalue weighted by atomic mass is 10.1. The first-order valence-corrected chi connectivity index (χ1v) is 7.45. The maximum Gasteiger partial charge on any atom is 0.129 e. The second-order valence-corrected chi connectivity index (χ2v) is 6.15. The van der Waals surface area contributed by atoms with Crippen molar-refractivity contribution in [2.24, 2.45) is 0 Å². The molecule has 1 nitrogen and oxygen atoms in total. The molecule has 17 heavy (non-hydrogen) atoms. The van der Waals surface area contributed by atoms with E-state index in [1.54, 1.807) is 17.4 Å². The van der Waals surface area contributed by atoms with E-state index in [0.29, 0.717) is 5.56 Å². The van der Waals surface area contributed by atoms with Gasteiger partial charge >= 0.3 is 0 Å². The van der Waals surface area contributed by atoms with Gasteiger partial charge in [-0.3, -0.25) is 0 Å². The summed E-state index contributed by atoms with van der Waals surface area (Å²) in [5.41, 5.74) is 0.637. The Hall–Kier alpha value is -0.230. The lowest BCUT2D eigenvalue weighted by Crippen LogP contribution is -2.18. The van der Waals surface area contributed by atoms with E-state index in [2.05, 4.69) is 37.2 Å². The van der Waals surface area contributed by atoms with Crippen LogP contribution in [0.15, 0.2) is 38.6 Å². The van der Waals surface area contributed by atoms with Crippen LogP contribution in [0.3, 0.4) is 0 Å².